The first-order valence-electron chi connectivity index (χ1n) is 32.4. The molecule has 0 radical (unpaired) electrons. The highest BCUT2D eigenvalue weighted by Crippen LogP contribution is 2.27. The van der Waals surface area contributed by atoms with Crippen molar-refractivity contribution in [2.75, 3.05) is 33.0 Å². The predicted molar refractivity (Wildman–Crippen MR) is 321 cm³/mol. The summed E-state index contributed by atoms with van der Waals surface area (Å²) < 4.78 is 34.5. The summed E-state index contributed by atoms with van der Waals surface area (Å²) in [6.45, 7) is 3.61. The molecule has 14 heteroatoms. The Labute approximate surface area is 485 Å². The van der Waals surface area contributed by atoms with Crippen LogP contribution in [0.2, 0.25) is 0 Å². The summed E-state index contributed by atoms with van der Waals surface area (Å²) in [5, 5.41) is 72.5. The molecule has 0 aromatic rings. The van der Waals surface area contributed by atoms with Crippen molar-refractivity contribution < 1.29 is 69.0 Å². The molecule has 2 rings (SSSR count). The number of aliphatic hydroxyl groups excluding tert-OH is 7. The van der Waals surface area contributed by atoms with Crippen molar-refractivity contribution in [2.24, 2.45) is 0 Å². The summed E-state index contributed by atoms with van der Waals surface area (Å²) in [7, 11) is 0. The second-order valence-corrected chi connectivity index (χ2v) is 22.6. The lowest BCUT2D eigenvalue weighted by molar-refractivity contribution is -0.332. The highest BCUT2D eigenvalue weighted by Gasteiger charge is 2.47. The molecule has 7 N–H and O–H groups in total. The quantitative estimate of drug-likeness (QED) is 0.0172. The van der Waals surface area contributed by atoms with Gasteiger partial charge in [0.25, 0.3) is 0 Å². The van der Waals surface area contributed by atoms with E-state index in [0.29, 0.717) is 13.0 Å². The molecule has 0 spiro atoms. The second kappa shape index (κ2) is 52.3. The zero-order chi connectivity index (χ0) is 57.9. The predicted octanol–water partition coefficient (Wildman–Crippen LogP) is 12.8. The van der Waals surface area contributed by atoms with Gasteiger partial charge in [0.15, 0.2) is 12.6 Å². The fraction of sp³-hybridized carbons (Fsp3) is 0.833. The number of hydrogen-bond acceptors (Lipinski definition) is 14. The first-order valence-corrected chi connectivity index (χ1v) is 32.4. The van der Waals surface area contributed by atoms with E-state index in [1.54, 1.807) is 0 Å². The van der Waals surface area contributed by atoms with Crippen molar-refractivity contribution in [3.8, 4) is 0 Å². The summed E-state index contributed by atoms with van der Waals surface area (Å²) in [4.78, 5) is 13.1. The number of allylic oxidation sites excluding steroid dienone is 10. The van der Waals surface area contributed by atoms with Crippen molar-refractivity contribution in [3.05, 3.63) is 60.8 Å². The summed E-state index contributed by atoms with van der Waals surface area (Å²) in [6, 6.07) is 0. The first kappa shape index (κ1) is 73.8. The van der Waals surface area contributed by atoms with Crippen LogP contribution in [0.5, 0.6) is 0 Å². The van der Waals surface area contributed by atoms with Crippen molar-refractivity contribution in [2.45, 2.75) is 319 Å². The maximum atomic E-state index is 13.1. The number of esters is 1. The number of hydrogen-bond donors (Lipinski definition) is 7. The number of carbonyl (C=O) groups is 1. The van der Waals surface area contributed by atoms with Gasteiger partial charge < -0.3 is 64.2 Å². The van der Waals surface area contributed by atoms with Gasteiger partial charge in [0.2, 0.25) is 0 Å². The van der Waals surface area contributed by atoms with Crippen LogP contribution in [0.4, 0.5) is 0 Å². The Kier molecular flexibility index (Phi) is 48.2. The normalized spacial score (nSPS) is 24.2. The van der Waals surface area contributed by atoms with E-state index >= 15 is 0 Å². The smallest absolute Gasteiger partial charge is 0.306 e. The molecule has 466 valence electrons. The molecule has 0 aromatic carbocycles. The summed E-state index contributed by atoms with van der Waals surface area (Å²) in [6.07, 6.45) is 50.0. The summed E-state index contributed by atoms with van der Waals surface area (Å²) in [5.74, 6) is -0.379. The SMILES string of the molecule is CC/C=C\C/C=C\C/C=C\C/C=C\C/C=C\CCCCCCCCCCCC(=O)OC(COCCCCCCCCCCCCCCCCCCCCCCC)COC1OC(COC2OC(CO)C(O)C(O)C2O)C(O)C(O)C1O. The Morgan fingerprint density at radius 3 is 1.27 bits per heavy atom. The van der Waals surface area contributed by atoms with Crippen LogP contribution in [0.3, 0.4) is 0 Å². The number of unbranched alkanes of at least 4 members (excludes halogenated alkanes) is 29. The molecule has 80 heavy (non-hydrogen) atoms. The van der Waals surface area contributed by atoms with Crippen LogP contribution in [0, 0.1) is 0 Å². The van der Waals surface area contributed by atoms with E-state index in [0.717, 1.165) is 77.0 Å². The molecule has 0 saturated carbocycles. The van der Waals surface area contributed by atoms with E-state index in [2.05, 4.69) is 74.6 Å². The standard InChI is InChI=1S/C66H118O14/c1-3-5-7-9-11-13-15-17-19-21-23-25-26-27-28-29-31-33-35-37-39-41-43-45-47-49-58(68)78-55(52-75-50-48-46-44-42-40-38-36-34-32-30-24-22-20-18-16-14-12-10-8-6-4-2)53-76-65-64(74)62(72)60(70)57(80-65)54-77-66-63(73)61(71)59(69)56(51-67)79-66/h5,7,11,13,17,19,23,25,27-28,55-57,59-67,69-74H,3-4,6,8-10,12,14-16,18,20-22,24,26,29-54H2,1-2H3/b7-5-,13-11-,19-17-,25-23-,28-27-. The Bertz CT molecular complexity index is 1550. The molecule has 2 aliphatic rings. The second-order valence-electron chi connectivity index (χ2n) is 22.6. The van der Waals surface area contributed by atoms with Gasteiger partial charge in [-0.05, 0) is 57.8 Å². The van der Waals surface area contributed by atoms with Crippen LogP contribution in [0.15, 0.2) is 60.8 Å². The van der Waals surface area contributed by atoms with Crippen molar-refractivity contribution >= 4 is 5.97 Å². The fourth-order valence-electron chi connectivity index (χ4n) is 10.1. The number of rotatable bonds is 53. The van der Waals surface area contributed by atoms with E-state index in [1.807, 2.05) is 0 Å². The average molecular weight is 1140 g/mol. The van der Waals surface area contributed by atoms with Crippen LogP contribution in [0.25, 0.3) is 0 Å². The maximum Gasteiger partial charge on any atom is 0.306 e. The minimum Gasteiger partial charge on any atom is -0.457 e. The lowest BCUT2D eigenvalue weighted by Crippen LogP contribution is -2.61. The topological polar surface area (TPSA) is 214 Å². The van der Waals surface area contributed by atoms with Gasteiger partial charge in [-0.2, -0.15) is 0 Å². The number of aliphatic hydroxyl groups is 7. The number of carbonyl (C=O) groups excluding carboxylic acids is 1. The van der Waals surface area contributed by atoms with E-state index in [1.165, 1.54) is 148 Å². The molecule has 2 heterocycles. The molecule has 0 amide bonds. The Morgan fingerprint density at radius 1 is 0.425 bits per heavy atom. The highest BCUT2D eigenvalue weighted by atomic mass is 16.7. The lowest BCUT2D eigenvalue weighted by atomic mass is 9.98. The van der Waals surface area contributed by atoms with E-state index in [4.69, 9.17) is 28.4 Å². The zero-order valence-electron chi connectivity index (χ0n) is 50.3. The van der Waals surface area contributed by atoms with Crippen LogP contribution in [0.1, 0.15) is 251 Å². The largest absolute Gasteiger partial charge is 0.457 e. The molecule has 0 aliphatic carbocycles. The van der Waals surface area contributed by atoms with Crippen molar-refractivity contribution in [1.82, 2.24) is 0 Å². The van der Waals surface area contributed by atoms with Gasteiger partial charge in [-0.15, -0.1) is 0 Å². The fourth-order valence-corrected chi connectivity index (χ4v) is 10.1. The third kappa shape index (κ3) is 37.8. The van der Waals surface area contributed by atoms with Crippen LogP contribution in [-0.4, -0.2) is 142 Å². The monoisotopic (exact) mass is 1130 g/mol. The molecular formula is C66H118O14. The Hall–Kier alpha value is -2.31. The van der Waals surface area contributed by atoms with Crippen LogP contribution >= 0.6 is 0 Å². The van der Waals surface area contributed by atoms with Crippen LogP contribution in [-0.2, 0) is 33.2 Å². The van der Waals surface area contributed by atoms with Gasteiger partial charge in [0.1, 0.15) is 54.9 Å². The molecule has 11 atom stereocenters. The molecule has 0 aromatic heterocycles. The van der Waals surface area contributed by atoms with Gasteiger partial charge in [-0.1, -0.05) is 248 Å². The minimum absolute atomic E-state index is 0.0604. The van der Waals surface area contributed by atoms with Gasteiger partial charge in [-0.3, -0.25) is 4.79 Å². The first-order chi connectivity index (χ1) is 39.1. The average Bonchev–Trinajstić information content (AvgIpc) is 3.52. The van der Waals surface area contributed by atoms with Crippen molar-refractivity contribution in [1.29, 1.82) is 0 Å². The Balaban J connectivity index is 1.67. The molecule has 2 fully saturated rings. The minimum atomic E-state index is -1.71. The third-order valence-corrected chi connectivity index (χ3v) is 15.3. The van der Waals surface area contributed by atoms with Gasteiger partial charge in [-0.25, -0.2) is 0 Å². The van der Waals surface area contributed by atoms with Crippen LogP contribution < -0.4 is 0 Å². The van der Waals surface area contributed by atoms with E-state index in [-0.39, 0.29) is 25.6 Å². The zero-order valence-corrected chi connectivity index (χ0v) is 50.3. The summed E-state index contributed by atoms with van der Waals surface area (Å²) in [5.41, 5.74) is 0. The van der Waals surface area contributed by atoms with Crippen molar-refractivity contribution in [3.63, 3.8) is 0 Å². The third-order valence-electron chi connectivity index (χ3n) is 15.3. The van der Waals surface area contributed by atoms with Gasteiger partial charge in [0, 0.05) is 13.0 Å². The summed E-state index contributed by atoms with van der Waals surface area (Å²) >= 11 is 0. The molecule has 11 unspecified atom stereocenters. The molecule has 14 nitrogen and oxygen atoms in total. The van der Waals surface area contributed by atoms with Gasteiger partial charge in [0.05, 0.1) is 26.4 Å². The lowest BCUT2D eigenvalue weighted by Gasteiger charge is -2.42. The van der Waals surface area contributed by atoms with E-state index in [9.17, 15) is 40.5 Å². The number of ether oxygens (including phenoxy) is 6. The highest BCUT2D eigenvalue weighted by molar-refractivity contribution is 5.69. The van der Waals surface area contributed by atoms with E-state index < -0.39 is 80.7 Å². The van der Waals surface area contributed by atoms with Gasteiger partial charge >= 0.3 is 5.97 Å². The Morgan fingerprint density at radius 2 is 0.812 bits per heavy atom. The molecular weight excluding hydrogens is 1020 g/mol. The molecule has 0 bridgehead atoms. The molecule has 2 saturated heterocycles. The molecule has 2 aliphatic heterocycles. The maximum absolute atomic E-state index is 13.1.